The van der Waals surface area contributed by atoms with Gasteiger partial charge in [0.2, 0.25) is 0 Å². The predicted molar refractivity (Wildman–Crippen MR) is 236 cm³/mol. The summed E-state index contributed by atoms with van der Waals surface area (Å²) in [5.74, 6) is 0. The summed E-state index contributed by atoms with van der Waals surface area (Å²) in [6.07, 6.45) is 16.2. The molecule has 318 valence electrons. The number of hydrogen-bond acceptors (Lipinski definition) is 12. The fraction of sp³-hybridized carbons (Fsp3) is 0. The fourth-order valence-electron chi connectivity index (χ4n) is 9.11. The van der Waals surface area contributed by atoms with E-state index in [2.05, 4.69) is 122 Å². The van der Waals surface area contributed by atoms with Crippen molar-refractivity contribution in [1.29, 1.82) is 0 Å². The molecule has 0 aliphatic heterocycles. The van der Waals surface area contributed by atoms with Crippen LogP contribution in [-0.2, 0) is 0 Å². The molecule has 0 aliphatic carbocycles. The molecule has 0 saturated heterocycles. The van der Waals surface area contributed by atoms with Crippen LogP contribution in [0.4, 0.5) is 0 Å². The first-order valence-electron chi connectivity index (χ1n) is 19.7. The summed E-state index contributed by atoms with van der Waals surface area (Å²) in [5, 5.41) is 86.2. The van der Waals surface area contributed by atoms with Crippen LogP contribution in [0.5, 0.6) is 0 Å². The van der Waals surface area contributed by atoms with Gasteiger partial charge >= 0.3 is 38.6 Å². The Morgan fingerprint density at radius 1 is 0.188 bits per heavy atom. The minimum absolute atomic E-state index is 0. The summed E-state index contributed by atoms with van der Waals surface area (Å²) >= 11 is 0. The molecule has 0 radical (unpaired) electrons. The van der Waals surface area contributed by atoms with E-state index in [1.54, 1.807) is 74.4 Å². The monoisotopic (exact) mass is 996 g/mol. The topological polar surface area (TPSA) is 344 Å². The molecule has 0 aromatic carbocycles. The van der Waals surface area contributed by atoms with Gasteiger partial charge in [0.05, 0.1) is 0 Å². The molecule has 0 fully saturated rings. The van der Waals surface area contributed by atoms with E-state index in [0.717, 1.165) is 67.1 Å². The van der Waals surface area contributed by atoms with Crippen LogP contribution in [0.2, 0.25) is 0 Å². The standard InChI is InChI=1S/3C12H12BN8.Tb/c3*1-5-14-18-9(1)13(10-2-6-15-19-10,11-3-7-16-20-11)12-4-8-17-21-12;/h3*1-8H,(H,14,18)(H,15,19)(H,16,20)(H,17,21);/q3*-1;+3. The zero-order valence-electron chi connectivity index (χ0n) is 33.3. The Labute approximate surface area is 391 Å². The minimum atomic E-state index is -1.53. The summed E-state index contributed by atoms with van der Waals surface area (Å²) in [6.45, 7) is 0. The second-order valence-corrected chi connectivity index (χ2v) is 14.7. The van der Waals surface area contributed by atoms with Gasteiger partial charge in [0.25, 0.3) is 0 Å². The molecule has 0 unspecified atom stereocenters. The van der Waals surface area contributed by atoms with Crippen LogP contribution in [0.25, 0.3) is 0 Å². The molecule has 28 heteroatoms. The molecular weight excluding hydrogens is 960 g/mol. The molecular formula is C36H36B3N24Tb. The minimum Gasteiger partial charge on any atom is -0.320 e. The number of aromatic nitrogens is 24. The van der Waals surface area contributed by atoms with Crippen molar-refractivity contribution in [3.05, 3.63) is 147 Å². The van der Waals surface area contributed by atoms with Gasteiger partial charge in [0.1, 0.15) is 0 Å². The van der Waals surface area contributed by atoms with Gasteiger partial charge < -0.3 is 61.2 Å². The van der Waals surface area contributed by atoms with Crippen molar-refractivity contribution >= 4 is 85.6 Å². The van der Waals surface area contributed by atoms with Crippen molar-refractivity contribution in [2.45, 2.75) is 0 Å². The van der Waals surface area contributed by atoms with Crippen LogP contribution in [0.3, 0.4) is 0 Å². The van der Waals surface area contributed by atoms with Crippen molar-refractivity contribution in [1.82, 2.24) is 122 Å². The Hall–Kier alpha value is -8.00. The third kappa shape index (κ3) is 6.93. The smallest absolute Gasteiger partial charge is 0.320 e. The van der Waals surface area contributed by atoms with Crippen LogP contribution < -0.4 is 67.1 Å². The number of H-pyrrole nitrogens is 12. The number of aromatic amines is 12. The molecule has 0 spiro atoms. The van der Waals surface area contributed by atoms with Crippen molar-refractivity contribution < 1.29 is 38.6 Å². The Kier molecular flexibility index (Phi) is 11.7. The first-order valence-corrected chi connectivity index (χ1v) is 19.7. The van der Waals surface area contributed by atoms with Gasteiger partial charge in [-0.3, -0.25) is 0 Å². The number of nitrogens with one attached hydrogen (secondary N) is 12. The predicted octanol–water partition coefficient (Wildman–Crippen LogP) is -6.13. The second-order valence-electron chi connectivity index (χ2n) is 14.7. The molecule has 24 nitrogen and oxygen atoms in total. The summed E-state index contributed by atoms with van der Waals surface area (Å²) in [5.41, 5.74) is 11.3. The first kappa shape index (κ1) is 41.4. The fourth-order valence-corrected chi connectivity index (χ4v) is 9.11. The Bertz CT molecular complexity index is 2270. The largest absolute Gasteiger partial charge is 3.00 e. The number of nitrogens with zero attached hydrogens (tertiary/aromatic N) is 12. The third-order valence-electron chi connectivity index (χ3n) is 11.9. The van der Waals surface area contributed by atoms with E-state index in [-0.39, 0.29) is 38.6 Å². The van der Waals surface area contributed by atoms with Crippen molar-refractivity contribution in [3.8, 4) is 0 Å². The van der Waals surface area contributed by atoms with Gasteiger partial charge in [0.15, 0.2) is 18.4 Å². The van der Waals surface area contributed by atoms with Crippen LogP contribution in [-0.4, -0.2) is 141 Å². The van der Waals surface area contributed by atoms with E-state index in [1.807, 2.05) is 72.8 Å². The Morgan fingerprint density at radius 2 is 0.281 bits per heavy atom. The molecule has 0 bridgehead atoms. The molecule has 0 amide bonds. The second kappa shape index (κ2) is 18.2. The normalized spacial score (nSPS) is 11.6. The molecule has 64 heavy (non-hydrogen) atoms. The zero-order valence-corrected chi connectivity index (χ0v) is 35.4. The van der Waals surface area contributed by atoms with Crippen LogP contribution in [0, 0.1) is 38.6 Å². The van der Waals surface area contributed by atoms with E-state index in [9.17, 15) is 0 Å². The number of hydrogen-bond donors (Lipinski definition) is 12. The van der Waals surface area contributed by atoms with Gasteiger partial charge in [-0.25, -0.2) is 0 Å². The van der Waals surface area contributed by atoms with Crippen molar-refractivity contribution in [3.63, 3.8) is 0 Å². The number of rotatable bonds is 12. The third-order valence-corrected chi connectivity index (χ3v) is 11.9. The average molecular weight is 996 g/mol. The van der Waals surface area contributed by atoms with Gasteiger partial charge in [0, 0.05) is 74.4 Å². The van der Waals surface area contributed by atoms with E-state index in [1.165, 1.54) is 0 Å². The molecule has 12 heterocycles. The maximum absolute atomic E-state index is 4.11. The SMILES string of the molecule is [Tb+3].c1cc([B-](c2ccn[nH]2)(c2ccn[nH]2)c2ccn[nH]2)[nH]n1.c1cc([B-](c2ccn[nH]2)(c2ccn[nH]2)c2ccn[nH]2)[nH]n1.c1cc([B-](c2ccn[nH]2)(c2ccn[nH]2)c2ccn[nH]2)[nH]n1. The molecule has 0 atom stereocenters. The first-order chi connectivity index (χ1) is 31.3. The summed E-state index contributed by atoms with van der Waals surface area (Å²) in [4.78, 5) is 0. The van der Waals surface area contributed by atoms with Crippen LogP contribution in [0.1, 0.15) is 0 Å². The van der Waals surface area contributed by atoms with Crippen molar-refractivity contribution in [2.24, 2.45) is 0 Å². The Morgan fingerprint density at radius 3 is 0.344 bits per heavy atom. The van der Waals surface area contributed by atoms with Gasteiger partial charge in [-0.15, -0.1) is 67.1 Å². The maximum Gasteiger partial charge on any atom is 3.00 e. The quantitative estimate of drug-likeness (QED) is 0.0509. The molecule has 12 rings (SSSR count). The van der Waals surface area contributed by atoms with E-state index < -0.39 is 18.4 Å². The van der Waals surface area contributed by atoms with E-state index >= 15 is 0 Å². The summed E-state index contributed by atoms with van der Waals surface area (Å²) in [7, 11) is 0. The molecule has 0 aliphatic rings. The van der Waals surface area contributed by atoms with Gasteiger partial charge in [-0.1, -0.05) is 72.8 Å². The average Bonchev–Trinajstić information content (AvgIpc) is 4.18. The van der Waals surface area contributed by atoms with Gasteiger partial charge in [-0.05, 0) is 0 Å². The summed E-state index contributed by atoms with van der Waals surface area (Å²) in [6, 6.07) is 23.4. The molecule has 12 N–H and O–H groups in total. The van der Waals surface area contributed by atoms with E-state index in [4.69, 9.17) is 0 Å². The summed E-state index contributed by atoms with van der Waals surface area (Å²) < 4.78 is 0. The van der Waals surface area contributed by atoms with Crippen LogP contribution >= 0.6 is 0 Å². The molecule has 12 aromatic rings. The van der Waals surface area contributed by atoms with Crippen LogP contribution in [0.15, 0.2) is 147 Å². The zero-order chi connectivity index (χ0) is 42.4. The van der Waals surface area contributed by atoms with Gasteiger partial charge in [-0.2, -0.15) is 61.2 Å². The maximum atomic E-state index is 4.11. The molecule has 12 aromatic heterocycles. The Balaban J connectivity index is 0.000000121. The van der Waals surface area contributed by atoms with Crippen molar-refractivity contribution in [2.75, 3.05) is 0 Å². The van der Waals surface area contributed by atoms with E-state index in [0.29, 0.717) is 0 Å². The molecule has 0 saturated carbocycles.